The molecule has 0 bridgehead atoms. The number of carboxylic acid groups (broad SMARTS) is 1. The van der Waals surface area contributed by atoms with Crippen molar-refractivity contribution in [1.82, 2.24) is 10.3 Å². The van der Waals surface area contributed by atoms with Crippen LogP contribution in [0.3, 0.4) is 0 Å². The van der Waals surface area contributed by atoms with E-state index < -0.39 is 12.0 Å². The fraction of sp³-hybridized carbons (Fsp3) is 0.143. The average Bonchev–Trinajstić information content (AvgIpc) is 2.38. The first-order chi connectivity index (χ1) is 8.72. The number of carboxylic acids is 1. The van der Waals surface area contributed by atoms with Crippen LogP contribution in [0.2, 0.25) is 0 Å². The maximum Gasteiger partial charge on any atom is 0.325 e. The van der Waals surface area contributed by atoms with E-state index in [-0.39, 0.29) is 0 Å². The lowest BCUT2D eigenvalue weighted by Gasteiger charge is -2.14. The van der Waals surface area contributed by atoms with Crippen LogP contribution in [0, 0.1) is 0 Å². The highest BCUT2D eigenvalue weighted by atomic mass is 16.4. The van der Waals surface area contributed by atoms with Crippen LogP contribution in [0.5, 0.6) is 0 Å². The highest BCUT2D eigenvalue weighted by molar-refractivity contribution is 5.82. The highest BCUT2D eigenvalue weighted by Gasteiger charge is 2.18. The molecular formula is C14H14N2O2. The molecule has 0 radical (unpaired) electrons. The van der Waals surface area contributed by atoms with Gasteiger partial charge >= 0.3 is 5.97 Å². The third-order valence-electron chi connectivity index (χ3n) is 2.67. The number of aliphatic carboxylic acids is 1. The topological polar surface area (TPSA) is 62.2 Å². The van der Waals surface area contributed by atoms with E-state index in [4.69, 9.17) is 0 Å². The Morgan fingerprint density at radius 2 is 2.33 bits per heavy atom. The van der Waals surface area contributed by atoms with E-state index in [0.717, 1.165) is 10.9 Å². The van der Waals surface area contributed by atoms with Gasteiger partial charge in [0.25, 0.3) is 0 Å². The molecule has 1 aromatic carbocycles. The van der Waals surface area contributed by atoms with Crippen molar-refractivity contribution in [2.75, 3.05) is 6.54 Å². The quantitative estimate of drug-likeness (QED) is 0.788. The van der Waals surface area contributed by atoms with Crippen molar-refractivity contribution in [3.8, 4) is 0 Å². The van der Waals surface area contributed by atoms with E-state index in [1.807, 2.05) is 24.3 Å². The molecule has 0 aliphatic heterocycles. The van der Waals surface area contributed by atoms with Gasteiger partial charge in [-0.25, -0.2) is 0 Å². The molecule has 0 saturated heterocycles. The van der Waals surface area contributed by atoms with Crippen LogP contribution < -0.4 is 5.32 Å². The second-order valence-electron chi connectivity index (χ2n) is 3.92. The number of aromatic nitrogens is 1. The zero-order chi connectivity index (χ0) is 13.0. The minimum atomic E-state index is -0.903. The predicted molar refractivity (Wildman–Crippen MR) is 70.3 cm³/mol. The van der Waals surface area contributed by atoms with Crippen LogP contribution in [-0.2, 0) is 4.79 Å². The second kappa shape index (κ2) is 5.42. The fourth-order valence-electron chi connectivity index (χ4n) is 1.82. The largest absolute Gasteiger partial charge is 0.480 e. The van der Waals surface area contributed by atoms with E-state index in [1.54, 1.807) is 18.3 Å². The molecule has 4 nitrogen and oxygen atoms in total. The molecule has 92 valence electrons. The molecule has 1 aromatic heterocycles. The van der Waals surface area contributed by atoms with Crippen LogP contribution in [0.1, 0.15) is 11.6 Å². The van der Waals surface area contributed by atoms with Crippen molar-refractivity contribution in [3.63, 3.8) is 0 Å². The summed E-state index contributed by atoms with van der Waals surface area (Å²) in [6.45, 7) is 4.02. The van der Waals surface area contributed by atoms with E-state index in [2.05, 4.69) is 16.9 Å². The van der Waals surface area contributed by atoms with Gasteiger partial charge in [-0.3, -0.25) is 15.1 Å². The van der Waals surface area contributed by atoms with Crippen molar-refractivity contribution in [1.29, 1.82) is 0 Å². The van der Waals surface area contributed by atoms with Crippen LogP contribution in [0.15, 0.2) is 49.2 Å². The number of hydrogen-bond acceptors (Lipinski definition) is 3. The van der Waals surface area contributed by atoms with Gasteiger partial charge in [0.1, 0.15) is 6.04 Å². The van der Waals surface area contributed by atoms with Gasteiger partial charge in [0.05, 0.1) is 5.52 Å². The standard InChI is InChI=1S/C14H14N2O2/c1-2-7-16-13(14(17)18)11-5-6-12-10(9-11)4-3-8-15-12/h2-6,8-9,13,16H,1,7H2,(H,17,18). The molecule has 0 spiro atoms. The maximum absolute atomic E-state index is 11.2. The van der Waals surface area contributed by atoms with Gasteiger partial charge in [-0.2, -0.15) is 0 Å². The third kappa shape index (κ3) is 2.55. The number of pyridine rings is 1. The van der Waals surface area contributed by atoms with Gasteiger partial charge in [-0.05, 0) is 23.8 Å². The van der Waals surface area contributed by atoms with Gasteiger partial charge in [-0.15, -0.1) is 6.58 Å². The van der Waals surface area contributed by atoms with Crippen LogP contribution >= 0.6 is 0 Å². The molecule has 0 aliphatic rings. The molecule has 1 atom stereocenters. The number of fused-ring (bicyclic) bond motifs is 1. The summed E-state index contributed by atoms with van der Waals surface area (Å²) in [5.41, 5.74) is 1.57. The maximum atomic E-state index is 11.2. The Morgan fingerprint density at radius 1 is 1.50 bits per heavy atom. The Hall–Kier alpha value is -2.20. The summed E-state index contributed by atoms with van der Waals surface area (Å²) >= 11 is 0. The number of nitrogens with zero attached hydrogens (tertiary/aromatic N) is 1. The Morgan fingerprint density at radius 3 is 3.06 bits per heavy atom. The van der Waals surface area contributed by atoms with E-state index in [0.29, 0.717) is 12.1 Å². The Labute approximate surface area is 105 Å². The minimum Gasteiger partial charge on any atom is -0.480 e. The van der Waals surface area contributed by atoms with Crippen molar-refractivity contribution in [2.24, 2.45) is 0 Å². The lowest BCUT2D eigenvalue weighted by atomic mass is 10.0. The Kier molecular flexibility index (Phi) is 3.69. The highest BCUT2D eigenvalue weighted by Crippen LogP contribution is 2.19. The molecule has 4 heteroatoms. The lowest BCUT2D eigenvalue weighted by molar-refractivity contribution is -0.139. The van der Waals surface area contributed by atoms with Crippen molar-refractivity contribution in [2.45, 2.75) is 6.04 Å². The molecule has 1 heterocycles. The van der Waals surface area contributed by atoms with Gasteiger partial charge in [-0.1, -0.05) is 18.2 Å². The van der Waals surface area contributed by atoms with Crippen molar-refractivity contribution < 1.29 is 9.90 Å². The van der Waals surface area contributed by atoms with Gasteiger partial charge in [0, 0.05) is 18.1 Å². The number of carbonyl (C=O) groups is 1. The molecule has 0 amide bonds. The van der Waals surface area contributed by atoms with Gasteiger partial charge in [0.2, 0.25) is 0 Å². The molecule has 0 saturated carbocycles. The summed E-state index contributed by atoms with van der Waals surface area (Å²) in [6, 6.07) is 8.47. The van der Waals surface area contributed by atoms with Crippen LogP contribution in [0.25, 0.3) is 10.9 Å². The molecule has 2 aromatic rings. The Bertz CT molecular complexity index is 581. The smallest absolute Gasteiger partial charge is 0.325 e. The van der Waals surface area contributed by atoms with Gasteiger partial charge < -0.3 is 5.11 Å². The Balaban J connectivity index is 2.37. The van der Waals surface area contributed by atoms with E-state index in [1.165, 1.54) is 0 Å². The normalized spacial score (nSPS) is 12.2. The van der Waals surface area contributed by atoms with E-state index >= 15 is 0 Å². The third-order valence-corrected chi connectivity index (χ3v) is 2.67. The minimum absolute atomic E-state index is 0.446. The number of benzene rings is 1. The fourth-order valence-corrected chi connectivity index (χ4v) is 1.82. The first-order valence-electron chi connectivity index (χ1n) is 5.64. The van der Waals surface area contributed by atoms with Gasteiger partial charge in [0.15, 0.2) is 0 Å². The van der Waals surface area contributed by atoms with Crippen molar-refractivity contribution in [3.05, 3.63) is 54.7 Å². The predicted octanol–water partition coefficient (Wildman–Crippen LogP) is 2.14. The first kappa shape index (κ1) is 12.3. The molecule has 0 aliphatic carbocycles. The molecule has 2 N–H and O–H groups in total. The number of rotatable bonds is 5. The SMILES string of the molecule is C=CCNC(C(=O)O)c1ccc2ncccc2c1. The van der Waals surface area contributed by atoms with Crippen molar-refractivity contribution >= 4 is 16.9 Å². The molecule has 0 fully saturated rings. The summed E-state index contributed by atoms with van der Waals surface area (Å²) in [6.07, 6.45) is 3.35. The first-order valence-corrected chi connectivity index (χ1v) is 5.64. The number of hydrogen-bond donors (Lipinski definition) is 2. The number of nitrogens with one attached hydrogen (secondary N) is 1. The summed E-state index contributed by atoms with van der Waals surface area (Å²) in [7, 11) is 0. The van der Waals surface area contributed by atoms with E-state index in [9.17, 15) is 9.90 Å². The van der Waals surface area contributed by atoms with Crippen LogP contribution in [-0.4, -0.2) is 22.6 Å². The van der Waals surface area contributed by atoms with Crippen LogP contribution in [0.4, 0.5) is 0 Å². The monoisotopic (exact) mass is 242 g/mol. The summed E-state index contributed by atoms with van der Waals surface area (Å²) < 4.78 is 0. The molecule has 18 heavy (non-hydrogen) atoms. The zero-order valence-corrected chi connectivity index (χ0v) is 9.84. The average molecular weight is 242 g/mol. The molecular weight excluding hydrogens is 228 g/mol. The summed E-state index contributed by atoms with van der Waals surface area (Å²) in [4.78, 5) is 15.4. The zero-order valence-electron chi connectivity index (χ0n) is 9.84. The second-order valence-corrected chi connectivity index (χ2v) is 3.92. The summed E-state index contributed by atoms with van der Waals surface area (Å²) in [5, 5.41) is 13.1. The lowest BCUT2D eigenvalue weighted by Crippen LogP contribution is -2.28. The molecule has 2 rings (SSSR count). The molecule has 1 unspecified atom stereocenters. The summed E-state index contributed by atoms with van der Waals surface area (Å²) in [5.74, 6) is -0.903.